The maximum atomic E-state index is 10.7. The minimum absolute atomic E-state index is 0.563. The number of rotatable bonds is 7. The van der Waals surface area contributed by atoms with E-state index in [1.807, 2.05) is 44.8 Å². The molecule has 1 atom stereocenters. The Morgan fingerprint density at radius 2 is 1.73 bits per heavy atom. The summed E-state index contributed by atoms with van der Waals surface area (Å²) in [6.45, 7) is 6.11. The summed E-state index contributed by atoms with van der Waals surface area (Å²) in [5.74, 6) is 0.743. The first-order valence-corrected chi connectivity index (χ1v) is 10.4. The number of methoxy groups -OCH3 is 1. The quantitative estimate of drug-likeness (QED) is 0.464. The molecule has 0 amide bonds. The molecule has 0 bridgehead atoms. The standard InChI is InChI=1S/C11H15ClNO2P.C8H9ClO/c1-11(2,8-14)13-16(3)15-10-6-4-9(12)5-7-10;1-10-6-7-4-2-3-5-8(7)9/h4-8,13H,1-3H3;2-5H,6H2,1H3. The summed E-state index contributed by atoms with van der Waals surface area (Å²) in [5.41, 5.74) is 0.471. The number of nitrogens with one attached hydrogen (secondary N) is 1. The lowest BCUT2D eigenvalue weighted by Crippen LogP contribution is -2.37. The normalized spacial score (nSPS) is 11.9. The minimum atomic E-state index is -0.885. The van der Waals surface area contributed by atoms with Crippen LogP contribution in [0.1, 0.15) is 19.4 Å². The van der Waals surface area contributed by atoms with Gasteiger partial charge in [0.15, 0.2) is 8.30 Å². The van der Waals surface area contributed by atoms with Crippen molar-refractivity contribution in [3.8, 4) is 5.75 Å². The number of hydrogen-bond acceptors (Lipinski definition) is 4. The second-order valence-electron chi connectivity index (χ2n) is 6.02. The van der Waals surface area contributed by atoms with Gasteiger partial charge in [-0.05, 0) is 49.7 Å². The van der Waals surface area contributed by atoms with Crippen LogP contribution in [0.4, 0.5) is 0 Å². The molecular formula is C19H24Cl2NO3P. The Bertz CT molecular complexity index is 681. The minimum Gasteiger partial charge on any atom is -0.458 e. The van der Waals surface area contributed by atoms with Crippen molar-refractivity contribution in [1.82, 2.24) is 5.09 Å². The van der Waals surface area contributed by atoms with Crippen LogP contribution < -0.4 is 9.61 Å². The van der Waals surface area contributed by atoms with E-state index >= 15 is 0 Å². The first kappa shape index (κ1) is 22.9. The van der Waals surface area contributed by atoms with Gasteiger partial charge in [-0.25, -0.2) is 0 Å². The third-order valence-corrected chi connectivity index (χ3v) is 5.05. The van der Waals surface area contributed by atoms with Crippen molar-refractivity contribution in [3.63, 3.8) is 0 Å². The molecule has 0 radical (unpaired) electrons. The van der Waals surface area contributed by atoms with Crippen molar-refractivity contribution in [2.45, 2.75) is 26.0 Å². The van der Waals surface area contributed by atoms with Crippen molar-refractivity contribution >= 4 is 37.8 Å². The van der Waals surface area contributed by atoms with Crippen LogP contribution in [0.3, 0.4) is 0 Å². The van der Waals surface area contributed by atoms with E-state index in [2.05, 4.69) is 5.09 Å². The second kappa shape index (κ2) is 11.5. The van der Waals surface area contributed by atoms with E-state index in [1.54, 1.807) is 31.4 Å². The monoisotopic (exact) mass is 415 g/mol. The first-order valence-electron chi connectivity index (χ1n) is 7.91. The Balaban J connectivity index is 0.000000289. The fourth-order valence-electron chi connectivity index (χ4n) is 1.88. The Morgan fingerprint density at radius 3 is 2.27 bits per heavy atom. The molecule has 1 N–H and O–H groups in total. The fraction of sp³-hybridized carbons (Fsp3) is 0.316. The molecule has 26 heavy (non-hydrogen) atoms. The highest BCUT2D eigenvalue weighted by molar-refractivity contribution is 7.50. The summed E-state index contributed by atoms with van der Waals surface area (Å²) >= 11 is 11.6. The van der Waals surface area contributed by atoms with E-state index in [0.29, 0.717) is 11.6 Å². The maximum absolute atomic E-state index is 10.7. The Morgan fingerprint density at radius 1 is 1.12 bits per heavy atom. The van der Waals surface area contributed by atoms with Gasteiger partial charge in [-0.2, -0.15) is 0 Å². The van der Waals surface area contributed by atoms with E-state index in [0.717, 1.165) is 22.6 Å². The SMILES string of the molecule is COCc1ccccc1Cl.CP(NC(C)(C)C=O)Oc1ccc(Cl)cc1. The first-order chi connectivity index (χ1) is 12.3. The predicted molar refractivity (Wildman–Crippen MR) is 110 cm³/mol. The Hall–Kier alpha value is -1.16. The second-order valence-corrected chi connectivity index (χ2v) is 8.26. The number of carbonyl (C=O) groups excluding carboxylic acids is 1. The Kier molecular flexibility index (Phi) is 10.1. The molecule has 0 aliphatic rings. The summed E-state index contributed by atoms with van der Waals surface area (Å²) in [7, 11) is 0.771. The number of carbonyl (C=O) groups is 1. The van der Waals surface area contributed by atoms with Crippen molar-refractivity contribution < 1.29 is 14.1 Å². The van der Waals surface area contributed by atoms with Crippen LogP contribution >= 0.6 is 31.5 Å². The van der Waals surface area contributed by atoms with E-state index < -0.39 is 13.8 Å². The van der Waals surface area contributed by atoms with Crippen LogP contribution in [0.25, 0.3) is 0 Å². The lowest BCUT2D eigenvalue weighted by atomic mass is 10.1. The van der Waals surface area contributed by atoms with Crippen LogP contribution in [-0.2, 0) is 16.1 Å². The van der Waals surface area contributed by atoms with Gasteiger partial charge >= 0.3 is 0 Å². The summed E-state index contributed by atoms with van der Waals surface area (Å²) in [5, 5.41) is 4.55. The molecule has 4 nitrogen and oxygen atoms in total. The molecule has 0 heterocycles. The van der Waals surface area contributed by atoms with Gasteiger partial charge < -0.3 is 14.1 Å². The number of benzene rings is 2. The topological polar surface area (TPSA) is 47.6 Å². The van der Waals surface area contributed by atoms with Crippen LogP contribution in [-0.4, -0.2) is 25.6 Å². The van der Waals surface area contributed by atoms with Gasteiger partial charge in [-0.3, -0.25) is 5.09 Å². The Labute approximate surface area is 166 Å². The molecule has 0 saturated carbocycles. The average Bonchev–Trinajstić information content (AvgIpc) is 2.59. The van der Waals surface area contributed by atoms with E-state index in [9.17, 15) is 4.79 Å². The van der Waals surface area contributed by atoms with E-state index in [-0.39, 0.29) is 0 Å². The van der Waals surface area contributed by atoms with Crippen molar-refractivity contribution in [1.29, 1.82) is 0 Å². The molecule has 0 spiro atoms. The van der Waals surface area contributed by atoms with Gasteiger partial charge in [0.05, 0.1) is 12.1 Å². The average molecular weight is 416 g/mol. The van der Waals surface area contributed by atoms with Gasteiger partial charge in [0, 0.05) is 23.8 Å². The molecule has 1 unspecified atom stereocenters. The van der Waals surface area contributed by atoms with Crippen LogP contribution in [0.2, 0.25) is 10.0 Å². The summed E-state index contributed by atoms with van der Waals surface area (Å²) in [4.78, 5) is 10.7. The zero-order valence-electron chi connectivity index (χ0n) is 15.3. The van der Waals surface area contributed by atoms with Crippen LogP contribution in [0, 0.1) is 0 Å². The molecular weight excluding hydrogens is 392 g/mol. The number of aldehydes is 1. The van der Waals surface area contributed by atoms with Crippen molar-refractivity contribution in [2.24, 2.45) is 0 Å². The smallest absolute Gasteiger partial charge is 0.158 e. The van der Waals surface area contributed by atoms with Gasteiger partial charge in [0.25, 0.3) is 0 Å². The summed E-state index contributed by atoms with van der Waals surface area (Å²) in [6.07, 6.45) is 0.872. The summed E-state index contributed by atoms with van der Waals surface area (Å²) in [6, 6.07) is 14.8. The molecule has 2 rings (SSSR count). The fourth-order valence-corrected chi connectivity index (χ4v) is 3.54. The zero-order valence-corrected chi connectivity index (χ0v) is 17.7. The molecule has 2 aromatic rings. The largest absolute Gasteiger partial charge is 0.458 e. The molecule has 0 fully saturated rings. The van der Waals surface area contributed by atoms with Crippen molar-refractivity contribution in [3.05, 3.63) is 64.1 Å². The molecule has 142 valence electrons. The summed E-state index contributed by atoms with van der Waals surface area (Å²) < 4.78 is 10.6. The number of ether oxygens (including phenoxy) is 1. The van der Waals surface area contributed by atoms with Gasteiger partial charge in [-0.1, -0.05) is 41.4 Å². The molecule has 7 heteroatoms. The van der Waals surface area contributed by atoms with Crippen molar-refractivity contribution in [2.75, 3.05) is 13.8 Å². The lowest BCUT2D eigenvalue weighted by molar-refractivity contribution is -0.111. The molecule has 0 aromatic heterocycles. The highest BCUT2D eigenvalue weighted by Gasteiger charge is 2.20. The highest BCUT2D eigenvalue weighted by Crippen LogP contribution is 2.32. The zero-order chi connectivity index (χ0) is 19.6. The van der Waals surface area contributed by atoms with Gasteiger partial charge in [-0.15, -0.1) is 0 Å². The predicted octanol–water partition coefficient (Wildman–Crippen LogP) is 5.71. The number of halogens is 2. The van der Waals surface area contributed by atoms with E-state index in [1.165, 1.54) is 0 Å². The van der Waals surface area contributed by atoms with Gasteiger partial charge in [0.2, 0.25) is 0 Å². The van der Waals surface area contributed by atoms with E-state index in [4.69, 9.17) is 32.5 Å². The third-order valence-electron chi connectivity index (χ3n) is 3.05. The van der Waals surface area contributed by atoms with Gasteiger partial charge in [0.1, 0.15) is 12.0 Å². The molecule has 0 saturated heterocycles. The van der Waals surface area contributed by atoms with Crippen LogP contribution in [0.5, 0.6) is 5.75 Å². The molecule has 0 aliphatic heterocycles. The van der Waals surface area contributed by atoms with Crippen LogP contribution in [0.15, 0.2) is 48.5 Å². The maximum Gasteiger partial charge on any atom is 0.158 e. The molecule has 0 aliphatic carbocycles. The third kappa shape index (κ3) is 8.98. The number of hydrogen-bond donors (Lipinski definition) is 1. The highest BCUT2D eigenvalue weighted by atomic mass is 35.5. The molecule has 2 aromatic carbocycles. The lowest BCUT2D eigenvalue weighted by Gasteiger charge is -2.24.